The first-order chi connectivity index (χ1) is 9.47. The maximum Gasteiger partial charge on any atom is 0.270 e. The maximum atomic E-state index is 10.7. The Morgan fingerprint density at radius 3 is 3.00 bits per heavy atom. The zero-order valence-corrected chi connectivity index (χ0v) is 12.9. The lowest BCUT2D eigenvalue weighted by atomic mass is 10.1. The van der Waals surface area contributed by atoms with Crippen molar-refractivity contribution in [2.45, 2.75) is 25.6 Å². The normalized spacial score (nSPS) is 21.6. The van der Waals surface area contributed by atoms with Crippen molar-refractivity contribution in [2.75, 3.05) is 19.7 Å². The standard InChI is InChI=1S/C13H18BrN3O3/c1-9(15)13-8-16(4-5-20-13)7-10-2-3-11(17(18)19)6-12(10)14/h2-3,6,9,13H,4-5,7-8,15H2,1H3. The predicted octanol–water partition coefficient (Wildman–Crippen LogP) is 1.91. The lowest BCUT2D eigenvalue weighted by Gasteiger charge is -2.34. The monoisotopic (exact) mass is 343 g/mol. The highest BCUT2D eigenvalue weighted by Crippen LogP contribution is 2.24. The van der Waals surface area contributed by atoms with Crippen molar-refractivity contribution in [3.05, 3.63) is 38.3 Å². The van der Waals surface area contributed by atoms with Gasteiger partial charge in [-0.25, -0.2) is 0 Å². The van der Waals surface area contributed by atoms with E-state index in [2.05, 4.69) is 20.8 Å². The first-order valence-corrected chi connectivity index (χ1v) is 7.29. The van der Waals surface area contributed by atoms with Gasteiger partial charge >= 0.3 is 0 Å². The van der Waals surface area contributed by atoms with Crippen molar-refractivity contribution in [1.82, 2.24) is 4.90 Å². The maximum absolute atomic E-state index is 10.7. The number of non-ortho nitro benzene ring substituents is 1. The molecule has 20 heavy (non-hydrogen) atoms. The summed E-state index contributed by atoms with van der Waals surface area (Å²) in [6.07, 6.45) is 0.0422. The topological polar surface area (TPSA) is 81.6 Å². The molecule has 1 aromatic carbocycles. The number of nitrogens with zero attached hydrogens (tertiary/aromatic N) is 2. The van der Waals surface area contributed by atoms with Gasteiger partial charge in [0.15, 0.2) is 0 Å². The van der Waals surface area contributed by atoms with Crippen LogP contribution in [0.1, 0.15) is 12.5 Å². The molecule has 7 heteroatoms. The van der Waals surface area contributed by atoms with Crippen LogP contribution in [0, 0.1) is 10.1 Å². The van der Waals surface area contributed by atoms with Crippen LogP contribution in [0.25, 0.3) is 0 Å². The first-order valence-electron chi connectivity index (χ1n) is 6.49. The van der Waals surface area contributed by atoms with Gasteiger partial charge in [0.2, 0.25) is 0 Å². The molecule has 0 aliphatic carbocycles. The molecule has 0 bridgehead atoms. The zero-order chi connectivity index (χ0) is 14.7. The van der Waals surface area contributed by atoms with Gasteiger partial charge in [0.1, 0.15) is 0 Å². The molecule has 1 aliphatic rings. The van der Waals surface area contributed by atoms with Gasteiger partial charge in [0.05, 0.1) is 17.6 Å². The van der Waals surface area contributed by atoms with Crippen molar-refractivity contribution >= 4 is 21.6 Å². The molecule has 0 amide bonds. The molecule has 6 nitrogen and oxygen atoms in total. The van der Waals surface area contributed by atoms with Crippen molar-refractivity contribution < 1.29 is 9.66 Å². The Morgan fingerprint density at radius 1 is 1.65 bits per heavy atom. The van der Waals surface area contributed by atoms with Crippen molar-refractivity contribution in [3.8, 4) is 0 Å². The largest absolute Gasteiger partial charge is 0.374 e. The summed E-state index contributed by atoms with van der Waals surface area (Å²) >= 11 is 3.40. The summed E-state index contributed by atoms with van der Waals surface area (Å²) in [5, 5.41) is 10.7. The van der Waals surface area contributed by atoms with Gasteiger partial charge in [0, 0.05) is 42.3 Å². The molecule has 1 aliphatic heterocycles. The van der Waals surface area contributed by atoms with E-state index in [1.54, 1.807) is 12.1 Å². The third-order valence-electron chi connectivity index (χ3n) is 3.41. The minimum absolute atomic E-state index is 0.00176. The van der Waals surface area contributed by atoms with Crippen LogP contribution in [0.3, 0.4) is 0 Å². The number of hydrogen-bond donors (Lipinski definition) is 1. The Kier molecular flexibility index (Phi) is 5.09. The van der Waals surface area contributed by atoms with Crippen molar-refractivity contribution in [3.63, 3.8) is 0 Å². The number of nitro groups is 1. The third kappa shape index (κ3) is 3.76. The van der Waals surface area contributed by atoms with Gasteiger partial charge in [-0.1, -0.05) is 15.9 Å². The molecule has 0 saturated carbocycles. The quantitative estimate of drug-likeness (QED) is 0.666. The minimum Gasteiger partial charge on any atom is -0.374 e. The molecule has 2 unspecified atom stereocenters. The van der Waals surface area contributed by atoms with Gasteiger partial charge in [0.25, 0.3) is 5.69 Å². The molecule has 1 heterocycles. The van der Waals surface area contributed by atoms with Gasteiger partial charge in [-0.2, -0.15) is 0 Å². The number of ether oxygens (including phenoxy) is 1. The molecular weight excluding hydrogens is 326 g/mol. The Labute approximate surface area is 126 Å². The second-order valence-corrected chi connectivity index (χ2v) is 5.89. The molecule has 110 valence electrons. The summed E-state index contributed by atoms with van der Waals surface area (Å²) in [7, 11) is 0. The van der Waals surface area contributed by atoms with Gasteiger partial charge < -0.3 is 10.5 Å². The summed E-state index contributed by atoms with van der Waals surface area (Å²) in [6, 6.07) is 4.86. The summed E-state index contributed by atoms with van der Waals surface area (Å²) in [5.74, 6) is 0. The number of morpholine rings is 1. The van der Waals surface area contributed by atoms with E-state index in [-0.39, 0.29) is 17.8 Å². The van der Waals surface area contributed by atoms with Crippen LogP contribution in [0.2, 0.25) is 0 Å². The minimum atomic E-state index is -0.393. The van der Waals surface area contributed by atoms with E-state index in [1.807, 2.05) is 6.92 Å². The van der Waals surface area contributed by atoms with Crippen molar-refractivity contribution in [2.24, 2.45) is 5.73 Å². The fraction of sp³-hybridized carbons (Fsp3) is 0.538. The zero-order valence-electron chi connectivity index (χ0n) is 11.3. The average molecular weight is 344 g/mol. The molecule has 1 fully saturated rings. The van der Waals surface area contributed by atoms with Crippen LogP contribution < -0.4 is 5.73 Å². The lowest BCUT2D eigenvalue weighted by molar-refractivity contribution is -0.384. The molecule has 2 rings (SSSR count). The van der Waals surface area contributed by atoms with Crippen molar-refractivity contribution in [1.29, 1.82) is 0 Å². The van der Waals surface area contributed by atoms with Gasteiger partial charge in [-0.3, -0.25) is 15.0 Å². The van der Waals surface area contributed by atoms with Crippen LogP contribution in [0.5, 0.6) is 0 Å². The van der Waals surface area contributed by atoms with E-state index in [0.717, 1.165) is 29.7 Å². The number of hydrogen-bond acceptors (Lipinski definition) is 5. The fourth-order valence-corrected chi connectivity index (χ4v) is 2.70. The summed E-state index contributed by atoms with van der Waals surface area (Å²) < 4.78 is 6.38. The van der Waals surface area contributed by atoms with E-state index >= 15 is 0 Å². The Bertz CT molecular complexity index is 496. The highest BCUT2D eigenvalue weighted by Gasteiger charge is 2.24. The number of halogens is 1. The Hall–Kier alpha value is -1.02. The third-order valence-corrected chi connectivity index (χ3v) is 4.14. The summed E-state index contributed by atoms with van der Waals surface area (Å²) in [5.41, 5.74) is 6.99. The summed E-state index contributed by atoms with van der Waals surface area (Å²) in [6.45, 7) is 4.95. The second kappa shape index (κ2) is 6.62. The van der Waals surface area contributed by atoms with Crippen LogP contribution in [0.15, 0.2) is 22.7 Å². The highest BCUT2D eigenvalue weighted by atomic mass is 79.9. The van der Waals surface area contributed by atoms with E-state index in [1.165, 1.54) is 6.07 Å². The first kappa shape index (κ1) is 15.4. The molecule has 1 saturated heterocycles. The number of benzene rings is 1. The van der Waals surface area contributed by atoms with E-state index in [4.69, 9.17) is 10.5 Å². The lowest BCUT2D eigenvalue weighted by Crippen LogP contribution is -2.49. The Morgan fingerprint density at radius 2 is 2.40 bits per heavy atom. The summed E-state index contributed by atoms with van der Waals surface area (Å²) in [4.78, 5) is 12.6. The molecule has 0 spiro atoms. The second-order valence-electron chi connectivity index (χ2n) is 5.04. The number of nitrogens with two attached hydrogens (primary N) is 1. The average Bonchev–Trinajstić information content (AvgIpc) is 2.41. The van der Waals surface area contributed by atoms with Gasteiger partial charge in [-0.05, 0) is 18.6 Å². The molecule has 1 aromatic rings. The van der Waals surface area contributed by atoms with E-state index < -0.39 is 4.92 Å². The molecule has 0 aromatic heterocycles. The predicted molar refractivity (Wildman–Crippen MR) is 79.5 cm³/mol. The van der Waals surface area contributed by atoms with Crippen LogP contribution in [0.4, 0.5) is 5.69 Å². The van der Waals surface area contributed by atoms with Crippen LogP contribution >= 0.6 is 15.9 Å². The Balaban J connectivity index is 2.04. The molecular formula is C13H18BrN3O3. The molecule has 2 atom stereocenters. The smallest absolute Gasteiger partial charge is 0.270 e. The number of rotatable bonds is 4. The van der Waals surface area contributed by atoms with E-state index in [0.29, 0.717) is 6.61 Å². The highest BCUT2D eigenvalue weighted by molar-refractivity contribution is 9.10. The fourth-order valence-electron chi connectivity index (χ4n) is 2.21. The number of nitro benzene ring substituents is 1. The molecule has 2 N–H and O–H groups in total. The van der Waals surface area contributed by atoms with E-state index in [9.17, 15) is 10.1 Å². The SMILES string of the molecule is CC(N)C1CN(Cc2ccc([N+](=O)[O-])cc2Br)CCO1. The van der Waals surface area contributed by atoms with Crippen LogP contribution in [-0.2, 0) is 11.3 Å². The molecule has 0 radical (unpaired) electrons. The van der Waals surface area contributed by atoms with Crippen LogP contribution in [-0.4, -0.2) is 41.7 Å². The van der Waals surface area contributed by atoms with Gasteiger partial charge in [-0.15, -0.1) is 0 Å².